The quantitative estimate of drug-likeness (QED) is 0.396. The van der Waals surface area contributed by atoms with Crippen molar-refractivity contribution in [2.24, 2.45) is 10.9 Å². The summed E-state index contributed by atoms with van der Waals surface area (Å²) in [5, 5.41) is 8.98. The van der Waals surface area contributed by atoms with Crippen LogP contribution in [0, 0.1) is 12.8 Å². The van der Waals surface area contributed by atoms with Gasteiger partial charge in [-0.25, -0.2) is 4.99 Å². The van der Waals surface area contributed by atoms with Crippen LogP contribution in [0.25, 0.3) is 0 Å². The van der Waals surface area contributed by atoms with Crippen LogP contribution in [0.5, 0.6) is 0 Å². The molecule has 1 fully saturated rings. The zero-order valence-electron chi connectivity index (χ0n) is 14.6. The van der Waals surface area contributed by atoms with Crippen molar-refractivity contribution in [1.82, 2.24) is 15.5 Å². The highest BCUT2D eigenvalue weighted by molar-refractivity contribution is 14.0. The Morgan fingerprint density at radius 1 is 1.35 bits per heavy atom. The van der Waals surface area contributed by atoms with E-state index in [0.717, 1.165) is 31.5 Å². The first kappa shape index (κ1) is 20.7. The van der Waals surface area contributed by atoms with Crippen molar-refractivity contribution in [3.05, 3.63) is 21.9 Å². The minimum Gasteiger partial charge on any atom is -0.357 e. The van der Waals surface area contributed by atoms with Gasteiger partial charge in [0.05, 0.1) is 6.54 Å². The largest absolute Gasteiger partial charge is 0.357 e. The maximum Gasteiger partial charge on any atom is 0.191 e. The molecule has 0 amide bonds. The molecule has 2 rings (SSSR count). The number of nitrogens with zero attached hydrogens (tertiary/aromatic N) is 2. The van der Waals surface area contributed by atoms with Gasteiger partial charge >= 0.3 is 0 Å². The first-order valence-electron chi connectivity index (χ1n) is 8.42. The summed E-state index contributed by atoms with van der Waals surface area (Å²) in [6, 6.07) is 2.16. The van der Waals surface area contributed by atoms with Crippen LogP contribution in [-0.4, -0.2) is 44.1 Å². The van der Waals surface area contributed by atoms with Gasteiger partial charge in [0.2, 0.25) is 0 Å². The highest BCUT2D eigenvalue weighted by atomic mass is 127. The van der Waals surface area contributed by atoms with E-state index in [9.17, 15) is 0 Å². The molecule has 1 aliphatic rings. The Labute approximate surface area is 162 Å². The molecular weight excluding hydrogens is 419 g/mol. The molecule has 6 heteroatoms. The minimum atomic E-state index is 0. The van der Waals surface area contributed by atoms with Gasteiger partial charge in [-0.1, -0.05) is 0 Å². The standard InChI is InChI=1S/C17H30N4S.HI/c1-4-18-17(20-13-16-14(2)8-12-22-16)19-9-5-15-6-10-21(3)11-7-15;/h8,12,15H,4-7,9-11,13H2,1-3H3,(H2,18,19,20);1H. The minimum absolute atomic E-state index is 0. The number of nitrogens with one attached hydrogen (secondary N) is 2. The molecule has 1 saturated heterocycles. The van der Waals surface area contributed by atoms with Crippen LogP contribution in [0.1, 0.15) is 36.6 Å². The van der Waals surface area contributed by atoms with Crippen LogP contribution >= 0.6 is 35.3 Å². The molecule has 4 nitrogen and oxygen atoms in total. The van der Waals surface area contributed by atoms with Gasteiger partial charge in [-0.15, -0.1) is 35.3 Å². The average molecular weight is 450 g/mol. The maximum absolute atomic E-state index is 4.71. The first-order valence-corrected chi connectivity index (χ1v) is 9.30. The van der Waals surface area contributed by atoms with Gasteiger partial charge in [-0.2, -0.15) is 0 Å². The van der Waals surface area contributed by atoms with Gasteiger partial charge in [-0.3, -0.25) is 0 Å². The lowest BCUT2D eigenvalue weighted by atomic mass is 9.94. The Hall–Kier alpha value is -0.340. The van der Waals surface area contributed by atoms with Crippen molar-refractivity contribution in [2.45, 2.75) is 39.7 Å². The zero-order valence-corrected chi connectivity index (χ0v) is 17.7. The van der Waals surface area contributed by atoms with Crippen LogP contribution in [0.2, 0.25) is 0 Å². The predicted molar refractivity (Wildman–Crippen MR) is 112 cm³/mol. The third-order valence-electron chi connectivity index (χ3n) is 4.38. The molecule has 0 saturated carbocycles. The van der Waals surface area contributed by atoms with Crippen LogP contribution < -0.4 is 10.6 Å². The van der Waals surface area contributed by atoms with Crippen LogP contribution in [-0.2, 0) is 6.54 Å². The highest BCUT2D eigenvalue weighted by Crippen LogP contribution is 2.19. The number of thiophene rings is 1. The molecule has 0 aromatic carbocycles. The Morgan fingerprint density at radius 2 is 2.09 bits per heavy atom. The number of halogens is 1. The van der Waals surface area contributed by atoms with Crippen LogP contribution in [0.3, 0.4) is 0 Å². The average Bonchev–Trinajstić information content (AvgIpc) is 2.92. The fraction of sp³-hybridized carbons (Fsp3) is 0.706. The predicted octanol–water partition coefficient (Wildman–Crippen LogP) is 3.46. The second kappa shape index (κ2) is 11.3. The van der Waals surface area contributed by atoms with Crippen molar-refractivity contribution in [2.75, 3.05) is 33.2 Å². The fourth-order valence-corrected chi connectivity index (χ4v) is 3.63. The van der Waals surface area contributed by atoms with E-state index >= 15 is 0 Å². The van der Waals surface area contributed by atoms with Crippen molar-refractivity contribution in [3.8, 4) is 0 Å². The molecule has 1 aromatic rings. The number of aliphatic imine (C=N–C) groups is 1. The molecule has 0 unspecified atom stereocenters. The second-order valence-corrected chi connectivity index (χ2v) is 7.18. The van der Waals surface area contributed by atoms with Gasteiger partial charge < -0.3 is 15.5 Å². The third-order valence-corrected chi connectivity index (χ3v) is 5.38. The van der Waals surface area contributed by atoms with Crippen molar-refractivity contribution < 1.29 is 0 Å². The Morgan fingerprint density at radius 3 is 2.70 bits per heavy atom. The summed E-state index contributed by atoms with van der Waals surface area (Å²) in [6.45, 7) is 9.46. The molecule has 132 valence electrons. The third kappa shape index (κ3) is 7.39. The summed E-state index contributed by atoms with van der Waals surface area (Å²) in [5.74, 6) is 1.81. The lowest BCUT2D eigenvalue weighted by molar-refractivity contribution is 0.213. The summed E-state index contributed by atoms with van der Waals surface area (Å²) in [7, 11) is 2.22. The molecule has 23 heavy (non-hydrogen) atoms. The van der Waals surface area contributed by atoms with E-state index < -0.39 is 0 Å². The summed E-state index contributed by atoms with van der Waals surface area (Å²) in [5.41, 5.74) is 1.34. The number of piperidine rings is 1. The number of guanidine groups is 1. The number of hydrogen-bond donors (Lipinski definition) is 2. The van der Waals surface area contributed by atoms with E-state index in [0.29, 0.717) is 0 Å². The van der Waals surface area contributed by atoms with E-state index in [4.69, 9.17) is 4.99 Å². The molecule has 0 spiro atoms. The first-order chi connectivity index (χ1) is 10.7. The van der Waals surface area contributed by atoms with Crippen molar-refractivity contribution >= 4 is 41.3 Å². The lowest BCUT2D eigenvalue weighted by Crippen LogP contribution is -2.39. The van der Waals surface area contributed by atoms with E-state index in [1.165, 1.54) is 42.8 Å². The summed E-state index contributed by atoms with van der Waals surface area (Å²) < 4.78 is 0. The zero-order chi connectivity index (χ0) is 15.8. The van der Waals surface area contributed by atoms with Gasteiger partial charge in [0.15, 0.2) is 5.96 Å². The SMILES string of the molecule is CCNC(=NCc1sccc1C)NCCC1CCN(C)CC1.I. The number of hydrogen-bond acceptors (Lipinski definition) is 3. The van der Waals surface area contributed by atoms with E-state index in [1.54, 1.807) is 11.3 Å². The Balaban J connectivity index is 0.00000264. The molecule has 0 bridgehead atoms. The molecule has 1 aliphatic heterocycles. The molecule has 0 aliphatic carbocycles. The molecular formula is C17H31IN4S. The monoisotopic (exact) mass is 450 g/mol. The maximum atomic E-state index is 4.71. The van der Waals surface area contributed by atoms with Crippen molar-refractivity contribution in [1.29, 1.82) is 0 Å². The lowest BCUT2D eigenvalue weighted by Gasteiger charge is -2.29. The molecule has 2 heterocycles. The molecule has 2 N–H and O–H groups in total. The normalized spacial score (nSPS) is 16.9. The molecule has 0 radical (unpaired) electrons. The van der Waals surface area contributed by atoms with Gasteiger partial charge in [-0.05, 0) is 76.2 Å². The smallest absolute Gasteiger partial charge is 0.191 e. The van der Waals surface area contributed by atoms with Crippen molar-refractivity contribution in [3.63, 3.8) is 0 Å². The topological polar surface area (TPSA) is 39.7 Å². The summed E-state index contributed by atoms with van der Waals surface area (Å²) >= 11 is 1.79. The molecule has 1 aromatic heterocycles. The van der Waals surface area contributed by atoms with Crippen LogP contribution in [0.15, 0.2) is 16.4 Å². The second-order valence-electron chi connectivity index (χ2n) is 6.18. The van der Waals surface area contributed by atoms with E-state index in [-0.39, 0.29) is 24.0 Å². The Kier molecular flexibility index (Phi) is 10.1. The molecule has 0 atom stereocenters. The number of likely N-dealkylation sites (tertiary alicyclic amines) is 1. The number of rotatable bonds is 6. The highest BCUT2D eigenvalue weighted by Gasteiger charge is 2.16. The van der Waals surface area contributed by atoms with Gasteiger partial charge in [0, 0.05) is 18.0 Å². The fourth-order valence-electron chi connectivity index (χ4n) is 2.80. The van der Waals surface area contributed by atoms with Gasteiger partial charge in [0.1, 0.15) is 0 Å². The summed E-state index contributed by atoms with van der Waals surface area (Å²) in [6.07, 6.45) is 3.91. The van der Waals surface area contributed by atoms with E-state index in [2.05, 4.69) is 47.9 Å². The van der Waals surface area contributed by atoms with E-state index in [1.807, 2.05) is 0 Å². The number of aryl methyl sites for hydroxylation is 1. The van der Waals surface area contributed by atoms with Crippen LogP contribution in [0.4, 0.5) is 0 Å². The summed E-state index contributed by atoms with van der Waals surface area (Å²) in [4.78, 5) is 8.49. The van der Waals surface area contributed by atoms with Gasteiger partial charge in [0.25, 0.3) is 0 Å². The Bertz CT molecular complexity index is 467.